The number of amidine groups is 1. The van der Waals surface area contributed by atoms with Crippen molar-refractivity contribution >= 4 is 11.9 Å². The molecule has 3 atom stereocenters. The van der Waals surface area contributed by atoms with E-state index in [9.17, 15) is 4.79 Å². The van der Waals surface area contributed by atoms with E-state index in [1.54, 1.807) is 0 Å². The van der Waals surface area contributed by atoms with E-state index in [-0.39, 0.29) is 11.6 Å². The second-order valence-corrected chi connectivity index (χ2v) is 6.52. The van der Waals surface area contributed by atoms with Crippen molar-refractivity contribution in [3.05, 3.63) is 0 Å². The van der Waals surface area contributed by atoms with E-state index in [4.69, 9.17) is 5.41 Å². The lowest BCUT2D eigenvalue weighted by Crippen LogP contribution is -2.57. The average molecular weight is 251 g/mol. The van der Waals surface area contributed by atoms with Crippen molar-refractivity contribution in [2.45, 2.75) is 52.5 Å². The second kappa shape index (κ2) is 4.56. The van der Waals surface area contributed by atoms with Crippen molar-refractivity contribution < 1.29 is 4.79 Å². The van der Waals surface area contributed by atoms with Gasteiger partial charge in [0, 0.05) is 6.54 Å². The van der Waals surface area contributed by atoms with Crippen molar-refractivity contribution in [2.75, 3.05) is 6.54 Å². The van der Waals surface area contributed by atoms with Gasteiger partial charge >= 0.3 is 6.03 Å². The molecule has 2 N–H and O–H groups in total. The number of hydrogen-bond donors (Lipinski definition) is 2. The molecule has 0 aromatic carbocycles. The molecule has 0 radical (unpaired) electrons. The maximum atomic E-state index is 12.1. The van der Waals surface area contributed by atoms with Gasteiger partial charge in [-0.05, 0) is 30.6 Å². The van der Waals surface area contributed by atoms with Crippen molar-refractivity contribution in [1.29, 1.82) is 5.41 Å². The number of rotatable bonds is 2. The third-order valence-electron chi connectivity index (χ3n) is 4.51. The van der Waals surface area contributed by atoms with Gasteiger partial charge in [0.2, 0.25) is 0 Å². The zero-order valence-electron chi connectivity index (χ0n) is 11.9. The summed E-state index contributed by atoms with van der Waals surface area (Å²) in [5, 5.41) is 11.0. The molecule has 1 heterocycles. The smallest absolute Gasteiger partial charge is 0.311 e. The summed E-state index contributed by atoms with van der Waals surface area (Å²) in [5.74, 6) is 1.82. The Morgan fingerprint density at radius 1 is 1.44 bits per heavy atom. The third-order valence-corrected chi connectivity index (χ3v) is 4.51. The molecule has 2 fully saturated rings. The van der Waals surface area contributed by atoms with Gasteiger partial charge in [0.15, 0.2) is 0 Å². The predicted molar refractivity (Wildman–Crippen MR) is 72.7 cm³/mol. The molecule has 2 aliphatic rings. The van der Waals surface area contributed by atoms with Crippen LogP contribution in [-0.2, 0) is 0 Å². The topological polar surface area (TPSA) is 56.2 Å². The lowest BCUT2D eigenvalue weighted by Gasteiger charge is -2.47. The summed E-state index contributed by atoms with van der Waals surface area (Å²) in [6.07, 6.45) is 3.24. The van der Waals surface area contributed by atoms with Crippen LogP contribution in [0.5, 0.6) is 0 Å². The molecule has 4 nitrogen and oxygen atoms in total. The maximum absolute atomic E-state index is 12.1. The Labute approximate surface area is 110 Å². The highest BCUT2D eigenvalue weighted by Crippen LogP contribution is 2.43. The van der Waals surface area contributed by atoms with Crippen molar-refractivity contribution in [3.63, 3.8) is 0 Å². The van der Waals surface area contributed by atoms with Crippen LogP contribution < -0.4 is 5.32 Å². The van der Waals surface area contributed by atoms with E-state index in [1.807, 2.05) is 4.90 Å². The van der Waals surface area contributed by atoms with Gasteiger partial charge in [-0.2, -0.15) is 0 Å². The molecule has 102 valence electrons. The lowest BCUT2D eigenvalue weighted by atomic mass is 9.68. The fourth-order valence-corrected chi connectivity index (χ4v) is 3.54. The number of nitrogens with zero attached hydrogens (tertiary/aromatic N) is 1. The fourth-order valence-electron chi connectivity index (χ4n) is 3.54. The largest absolute Gasteiger partial charge is 0.323 e. The molecule has 0 aromatic heterocycles. The van der Waals surface area contributed by atoms with E-state index >= 15 is 0 Å². The van der Waals surface area contributed by atoms with E-state index in [0.717, 1.165) is 19.4 Å². The molecule has 0 aromatic rings. The fraction of sp³-hybridized carbons (Fsp3) is 0.857. The molecule has 1 aliphatic carbocycles. The van der Waals surface area contributed by atoms with Gasteiger partial charge < -0.3 is 4.90 Å². The highest BCUT2D eigenvalue weighted by atomic mass is 16.2. The summed E-state index contributed by atoms with van der Waals surface area (Å²) in [5.41, 5.74) is -0.362. The summed E-state index contributed by atoms with van der Waals surface area (Å²) in [6, 6.07) is -0.0744. The molecule has 1 saturated carbocycles. The van der Waals surface area contributed by atoms with Crippen LogP contribution in [-0.4, -0.2) is 28.9 Å². The summed E-state index contributed by atoms with van der Waals surface area (Å²) >= 11 is 0. The average Bonchev–Trinajstić information content (AvgIpc) is 2.49. The van der Waals surface area contributed by atoms with Crippen LogP contribution in [0.1, 0.15) is 47.0 Å². The zero-order valence-corrected chi connectivity index (χ0v) is 11.9. The highest BCUT2D eigenvalue weighted by molar-refractivity contribution is 6.08. The lowest BCUT2D eigenvalue weighted by molar-refractivity contribution is 0.0765. The molecule has 1 saturated heterocycles. The van der Waals surface area contributed by atoms with Crippen LogP contribution in [0.3, 0.4) is 0 Å². The van der Waals surface area contributed by atoms with Crippen LogP contribution in [0, 0.1) is 23.2 Å². The number of carbonyl (C=O) groups excluding carboxylic acids is 1. The van der Waals surface area contributed by atoms with Crippen molar-refractivity contribution in [1.82, 2.24) is 10.2 Å². The summed E-state index contributed by atoms with van der Waals surface area (Å²) < 4.78 is 0. The Balaban J connectivity index is 2.35. The van der Waals surface area contributed by atoms with Gasteiger partial charge in [0.05, 0.1) is 0 Å². The molecule has 1 spiro atoms. The Morgan fingerprint density at radius 3 is 2.72 bits per heavy atom. The summed E-state index contributed by atoms with van der Waals surface area (Å²) in [4.78, 5) is 14.1. The quantitative estimate of drug-likeness (QED) is 0.779. The number of carbonyl (C=O) groups is 1. The van der Waals surface area contributed by atoms with Crippen LogP contribution in [0.4, 0.5) is 4.79 Å². The van der Waals surface area contributed by atoms with Gasteiger partial charge in [0.25, 0.3) is 0 Å². The molecule has 1 aliphatic heterocycles. The Hall–Kier alpha value is -1.06. The number of nitrogens with one attached hydrogen (secondary N) is 2. The molecule has 0 bridgehead atoms. The Bertz CT molecular complexity index is 366. The van der Waals surface area contributed by atoms with E-state index in [2.05, 4.69) is 33.0 Å². The Morgan fingerprint density at radius 2 is 2.11 bits per heavy atom. The van der Waals surface area contributed by atoms with Crippen LogP contribution in [0.25, 0.3) is 0 Å². The maximum Gasteiger partial charge on any atom is 0.323 e. The van der Waals surface area contributed by atoms with E-state index in [1.165, 1.54) is 6.42 Å². The molecule has 2 rings (SSSR count). The van der Waals surface area contributed by atoms with Crippen LogP contribution in [0.2, 0.25) is 0 Å². The highest BCUT2D eigenvalue weighted by Gasteiger charge is 2.55. The molecule has 2 amide bonds. The molecular weight excluding hydrogens is 226 g/mol. The minimum absolute atomic E-state index is 0.0744. The first-order valence-corrected chi connectivity index (χ1v) is 7.05. The third kappa shape index (κ3) is 1.91. The van der Waals surface area contributed by atoms with Crippen molar-refractivity contribution in [3.8, 4) is 0 Å². The summed E-state index contributed by atoms with van der Waals surface area (Å²) in [7, 11) is 0. The molecular formula is C14H25N3O. The number of hydrogen-bond acceptors (Lipinski definition) is 2. The van der Waals surface area contributed by atoms with Gasteiger partial charge in [-0.25, -0.2) is 4.79 Å². The monoisotopic (exact) mass is 251 g/mol. The second-order valence-electron chi connectivity index (χ2n) is 6.52. The zero-order chi connectivity index (χ0) is 13.5. The van der Waals surface area contributed by atoms with Gasteiger partial charge in [-0.1, -0.05) is 34.1 Å². The minimum atomic E-state index is -0.362. The Kier molecular flexibility index (Phi) is 3.39. The predicted octanol–water partition coefficient (Wildman–Crippen LogP) is 2.84. The van der Waals surface area contributed by atoms with Gasteiger partial charge in [-0.15, -0.1) is 0 Å². The number of urea groups is 1. The molecule has 18 heavy (non-hydrogen) atoms. The molecule has 4 heteroatoms. The van der Waals surface area contributed by atoms with Crippen molar-refractivity contribution in [2.24, 2.45) is 17.8 Å². The minimum Gasteiger partial charge on any atom is -0.311 e. The standard InChI is InChI=1S/C14H25N3O/c1-9(2)8-17-13(18)16-12(15)14(17)7-10(3)5-6-11(14)4/h9-11H,5-8H2,1-4H3,(H2,15,16,18). The number of amides is 2. The SMILES string of the molecule is CC(C)CN1C(=O)NC(=N)C12CC(C)CCC2C. The van der Waals surface area contributed by atoms with E-state index in [0.29, 0.717) is 23.6 Å². The van der Waals surface area contributed by atoms with Crippen LogP contribution in [0.15, 0.2) is 0 Å². The van der Waals surface area contributed by atoms with Gasteiger partial charge in [0.1, 0.15) is 11.4 Å². The molecule has 3 unspecified atom stereocenters. The first-order chi connectivity index (χ1) is 8.37. The van der Waals surface area contributed by atoms with Gasteiger partial charge in [-0.3, -0.25) is 10.7 Å². The van der Waals surface area contributed by atoms with Crippen LogP contribution >= 0.6 is 0 Å². The first kappa shape index (κ1) is 13.4. The first-order valence-electron chi connectivity index (χ1n) is 7.05. The summed E-state index contributed by atoms with van der Waals surface area (Å²) in [6.45, 7) is 9.41. The van der Waals surface area contributed by atoms with E-state index < -0.39 is 0 Å². The normalized spacial score (nSPS) is 36.6.